The molecule has 0 aromatic rings. The number of hydrogen-bond donors (Lipinski definition) is 0. The molecule has 0 aromatic carbocycles. The number of ether oxygens (including phenoxy) is 1. The molecule has 0 saturated heterocycles. The van der Waals surface area contributed by atoms with Gasteiger partial charge in [0.1, 0.15) is 6.17 Å². The number of rotatable bonds is 4. The Hall–Kier alpha value is 0.410. The summed E-state index contributed by atoms with van der Waals surface area (Å²) < 4.78 is 62.8. The molecule has 152 valence electrons. The van der Waals surface area contributed by atoms with Gasteiger partial charge < -0.3 is 4.74 Å². The summed E-state index contributed by atoms with van der Waals surface area (Å²) in [5.74, 6) is -0.0553. The van der Waals surface area contributed by atoms with Crippen LogP contribution in [0.2, 0.25) is 0 Å². The molecule has 0 N–H and O–H groups in total. The Balaban J connectivity index is 1.50. The van der Waals surface area contributed by atoms with Crippen molar-refractivity contribution >= 4 is 22.6 Å². The first-order chi connectivity index (χ1) is 12.3. The molecule has 3 saturated carbocycles. The summed E-state index contributed by atoms with van der Waals surface area (Å²) in [7, 11) is 0. The molecule has 6 heteroatoms. The van der Waals surface area contributed by atoms with E-state index in [4.69, 9.17) is 4.74 Å². The van der Waals surface area contributed by atoms with Gasteiger partial charge in [-0.2, -0.15) is 8.78 Å². The van der Waals surface area contributed by atoms with E-state index in [-0.39, 0.29) is 6.42 Å². The maximum atomic E-state index is 14.6. The van der Waals surface area contributed by atoms with Gasteiger partial charge in [0, 0.05) is 3.92 Å². The Morgan fingerprint density at radius 3 is 1.88 bits per heavy atom. The van der Waals surface area contributed by atoms with Crippen LogP contribution in [-0.2, 0) is 4.74 Å². The van der Waals surface area contributed by atoms with E-state index in [0.717, 1.165) is 16.8 Å². The topological polar surface area (TPSA) is 9.23 Å². The summed E-state index contributed by atoms with van der Waals surface area (Å²) >= 11 is 2.51. The second kappa shape index (κ2) is 8.83. The molecule has 0 aliphatic heterocycles. The molecule has 4 unspecified atom stereocenters. The normalized spacial score (nSPS) is 45.5. The zero-order chi connectivity index (χ0) is 18.9. The Morgan fingerprint density at radius 1 is 0.769 bits per heavy atom. The zero-order valence-electron chi connectivity index (χ0n) is 15.5. The first-order valence-corrected chi connectivity index (χ1v) is 11.5. The summed E-state index contributed by atoms with van der Waals surface area (Å²) in [5.41, 5.74) is 0. The van der Waals surface area contributed by atoms with Gasteiger partial charge in [0.25, 0.3) is 0 Å². The average molecular weight is 490 g/mol. The van der Waals surface area contributed by atoms with Crippen molar-refractivity contribution in [3.8, 4) is 0 Å². The van der Waals surface area contributed by atoms with Gasteiger partial charge in [-0.05, 0) is 82.0 Å². The lowest BCUT2D eigenvalue weighted by atomic mass is 9.71. The van der Waals surface area contributed by atoms with Crippen LogP contribution in [0.15, 0.2) is 0 Å². The fourth-order valence-electron chi connectivity index (χ4n) is 5.16. The van der Waals surface area contributed by atoms with Gasteiger partial charge in [-0.15, -0.1) is 0 Å². The van der Waals surface area contributed by atoms with E-state index < -0.39 is 36.4 Å². The van der Waals surface area contributed by atoms with Crippen LogP contribution in [0.1, 0.15) is 71.1 Å². The van der Waals surface area contributed by atoms with Crippen molar-refractivity contribution in [2.45, 2.75) is 99.6 Å². The molecule has 0 spiro atoms. The third kappa shape index (κ3) is 4.87. The minimum Gasteiger partial charge on any atom is -0.314 e. The molecule has 3 rings (SSSR count). The SMILES string of the molecule is CC1CCC(OC(F)(F)C2CCC(C3CCC(I)CC3)CC2)C(F)C1F. The highest BCUT2D eigenvalue weighted by molar-refractivity contribution is 14.1. The summed E-state index contributed by atoms with van der Waals surface area (Å²) in [6.45, 7) is 1.62. The number of alkyl halides is 5. The summed E-state index contributed by atoms with van der Waals surface area (Å²) in [4.78, 5) is 0. The average Bonchev–Trinajstić information content (AvgIpc) is 2.63. The highest BCUT2D eigenvalue weighted by Crippen LogP contribution is 2.46. The van der Waals surface area contributed by atoms with Crippen molar-refractivity contribution in [2.24, 2.45) is 23.7 Å². The van der Waals surface area contributed by atoms with Crippen molar-refractivity contribution in [2.75, 3.05) is 0 Å². The molecule has 3 aliphatic rings. The Kier molecular flexibility index (Phi) is 7.17. The molecule has 0 radical (unpaired) electrons. The van der Waals surface area contributed by atoms with E-state index in [1.807, 2.05) is 0 Å². The van der Waals surface area contributed by atoms with E-state index in [0.29, 0.717) is 31.1 Å². The van der Waals surface area contributed by atoms with Crippen LogP contribution < -0.4 is 0 Å². The molecular formula is C20H31F4IO. The third-order valence-electron chi connectivity index (χ3n) is 7.03. The largest absolute Gasteiger partial charge is 0.358 e. The first-order valence-electron chi connectivity index (χ1n) is 10.3. The molecule has 0 bridgehead atoms. The van der Waals surface area contributed by atoms with E-state index in [9.17, 15) is 17.6 Å². The van der Waals surface area contributed by atoms with Gasteiger partial charge in [0.15, 0.2) is 6.17 Å². The predicted molar refractivity (Wildman–Crippen MR) is 103 cm³/mol. The minimum absolute atomic E-state index is 0.174. The fraction of sp³-hybridized carbons (Fsp3) is 1.00. The van der Waals surface area contributed by atoms with E-state index in [1.54, 1.807) is 6.92 Å². The van der Waals surface area contributed by atoms with Crippen molar-refractivity contribution < 1.29 is 22.3 Å². The molecule has 3 aliphatic carbocycles. The van der Waals surface area contributed by atoms with Crippen LogP contribution in [0.4, 0.5) is 17.6 Å². The van der Waals surface area contributed by atoms with Crippen molar-refractivity contribution in [1.82, 2.24) is 0 Å². The van der Waals surface area contributed by atoms with Crippen molar-refractivity contribution in [3.05, 3.63) is 0 Å². The van der Waals surface area contributed by atoms with Gasteiger partial charge in [-0.25, -0.2) is 8.78 Å². The molecular weight excluding hydrogens is 459 g/mol. The van der Waals surface area contributed by atoms with E-state index in [1.165, 1.54) is 25.7 Å². The molecule has 0 heterocycles. The fourth-order valence-corrected chi connectivity index (χ4v) is 5.88. The lowest BCUT2D eigenvalue weighted by Gasteiger charge is -2.40. The Bertz CT molecular complexity index is 447. The summed E-state index contributed by atoms with van der Waals surface area (Å²) in [6, 6.07) is 0. The van der Waals surface area contributed by atoms with Crippen molar-refractivity contribution in [1.29, 1.82) is 0 Å². The molecule has 1 nitrogen and oxygen atoms in total. The predicted octanol–water partition coefficient (Wildman–Crippen LogP) is 6.87. The van der Waals surface area contributed by atoms with Gasteiger partial charge in [0.2, 0.25) is 0 Å². The van der Waals surface area contributed by atoms with Crippen LogP contribution in [0.25, 0.3) is 0 Å². The smallest absolute Gasteiger partial charge is 0.314 e. The van der Waals surface area contributed by atoms with E-state index in [2.05, 4.69) is 22.6 Å². The summed E-state index contributed by atoms with van der Waals surface area (Å²) in [6.07, 6.45) is -0.316. The second-order valence-corrected chi connectivity index (χ2v) is 10.5. The molecule has 26 heavy (non-hydrogen) atoms. The Labute approximate surface area is 168 Å². The van der Waals surface area contributed by atoms with Crippen LogP contribution in [0, 0.1) is 23.7 Å². The molecule has 4 atom stereocenters. The standard InChI is InChI=1S/C20H31F4IO/c1-12-2-11-17(19(22)18(12)21)26-20(23,24)15-7-3-13(4-8-15)14-5-9-16(25)10-6-14/h12-19H,2-11H2,1H3. The molecule has 0 amide bonds. The van der Waals surface area contributed by atoms with Crippen LogP contribution in [0.5, 0.6) is 0 Å². The van der Waals surface area contributed by atoms with Gasteiger partial charge in [0.05, 0.1) is 12.0 Å². The third-order valence-corrected chi connectivity index (χ3v) is 8.28. The highest BCUT2D eigenvalue weighted by Gasteiger charge is 2.49. The maximum absolute atomic E-state index is 14.6. The highest BCUT2D eigenvalue weighted by atomic mass is 127. The van der Waals surface area contributed by atoms with Crippen molar-refractivity contribution in [3.63, 3.8) is 0 Å². The quantitative estimate of drug-likeness (QED) is 0.238. The first kappa shape index (κ1) is 21.1. The monoisotopic (exact) mass is 490 g/mol. The van der Waals surface area contributed by atoms with Gasteiger partial charge >= 0.3 is 6.11 Å². The summed E-state index contributed by atoms with van der Waals surface area (Å²) in [5, 5.41) is 0. The lowest BCUT2D eigenvalue weighted by Crippen LogP contribution is -2.47. The van der Waals surface area contributed by atoms with Crippen LogP contribution in [-0.4, -0.2) is 28.5 Å². The zero-order valence-corrected chi connectivity index (χ0v) is 17.6. The number of hydrogen-bond acceptors (Lipinski definition) is 1. The maximum Gasteiger partial charge on any atom is 0.358 e. The minimum atomic E-state index is -3.35. The van der Waals surface area contributed by atoms with Crippen LogP contribution in [0.3, 0.4) is 0 Å². The Morgan fingerprint density at radius 2 is 1.31 bits per heavy atom. The lowest BCUT2D eigenvalue weighted by molar-refractivity contribution is -0.312. The molecule has 0 aromatic heterocycles. The number of halogens is 5. The second-order valence-electron chi connectivity index (χ2n) is 8.79. The molecule has 3 fully saturated rings. The van der Waals surface area contributed by atoms with Gasteiger partial charge in [-0.3, -0.25) is 0 Å². The van der Waals surface area contributed by atoms with Crippen LogP contribution >= 0.6 is 22.6 Å². The van der Waals surface area contributed by atoms with Gasteiger partial charge in [-0.1, -0.05) is 29.5 Å². The van der Waals surface area contributed by atoms with E-state index >= 15 is 0 Å².